The van der Waals surface area contributed by atoms with Crippen molar-refractivity contribution in [1.82, 2.24) is 20.9 Å². The van der Waals surface area contributed by atoms with Gasteiger partial charge in [-0.1, -0.05) is 18.2 Å². The number of para-hydroxylation sites is 1. The number of fused-ring (bicyclic) bond motifs is 1. The van der Waals surface area contributed by atoms with Crippen LogP contribution in [0, 0.1) is 0 Å². The van der Waals surface area contributed by atoms with Gasteiger partial charge in [-0.2, -0.15) is 0 Å². The number of aliphatic hydroxyl groups excluding tert-OH is 1. The third-order valence-electron chi connectivity index (χ3n) is 4.74. The molecule has 13 heteroatoms. The quantitative estimate of drug-likeness (QED) is 0.169. The van der Waals surface area contributed by atoms with Crippen molar-refractivity contribution in [3.8, 4) is 0 Å². The van der Waals surface area contributed by atoms with Crippen LogP contribution in [-0.2, 0) is 30.4 Å². The average Bonchev–Trinajstić information content (AvgIpc) is 3.18. The molecule has 1 heterocycles. The van der Waals surface area contributed by atoms with Gasteiger partial charge < -0.3 is 42.0 Å². The first-order valence-corrected chi connectivity index (χ1v) is 9.86. The molecule has 2 rings (SSSR count). The number of nitrogens with two attached hydrogens (primary N) is 1. The summed E-state index contributed by atoms with van der Waals surface area (Å²) in [6, 6.07) is 2.58. The summed E-state index contributed by atoms with van der Waals surface area (Å²) >= 11 is 0. The van der Waals surface area contributed by atoms with Crippen LogP contribution in [0.2, 0.25) is 0 Å². The first-order valence-electron chi connectivity index (χ1n) is 9.86. The van der Waals surface area contributed by atoms with Crippen molar-refractivity contribution in [3.63, 3.8) is 0 Å². The Bertz CT molecular complexity index is 1040. The minimum absolute atomic E-state index is 0.107. The fraction of sp³-hybridized carbons (Fsp3) is 0.350. The van der Waals surface area contributed by atoms with E-state index < -0.39 is 67.4 Å². The SMILES string of the molecule is NCC(=O)NC(CO)C(=O)NC(CC(=O)O)C(=O)NC(Cc1c[nH]c2ccccc12)C(=O)O. The summed E-state index contributed by atoms with van der Waals surface area (Å²) < 4.78 is 0. The second kappa shape index (κ2) is 11.6. The van der Waals surface area contributed by atoms with Gasteiger partial charge in [0.15, 0.2) is 0 Å². The van der Waals surface area contributed by atoms with E-state index in [2.05, 4.69) is 20.9 Å². The number of nitrogens with one attached hydrogen (secondary N) is 4. The molecule has 0 aliphatic rings. The third-order valence-corrected chi connectivity index (χ3v) is 4.74. The molecule has 33 heavy (non-hydrogen) atoms. The van der Waals surface area contributed by atoms with E-state index in [1.165, 1.54) is 0 Å². The van der Waals surface area contributed by atoms with Crippen molar-refractivity contribution < 1.29 is 39.3 Å². The summed E-state index contributed by atoms with van der Waals surface area (Å²) in [5, 5.41) is 35.2. The zero-order chi connectivity index (χ0) is 24.5. The third kappa shape index (κ3) is 7.02. The molecular weight excluding hydrogens is 438 g/mol. The summed E-state index contributed by atoms with van der Waals surface area (Å²) in [6.07, 6.45) is 0.639. The molecular formula is C20H25N5O8. The molecule has 0 saturated heterocycles. The lowest BCUT2D eigenvalue weighted by Crippen LogP contribution is -2.57. The van der Waals surface area contributed by atoms with Crippen LogP contribution < -0.4 is 21.7 Å². The summed E-state index contributed by atoms with van der Waals surface area (Å²) in [4.78, 5) is 62.3. The summed E-state index contributed by atoms with van der Waals surface area (Å²) in [5.74, 6) is -5.65. The zero-order valence-electron chi connectivity index (χ0n) is 17.4. The van der Waals surface area contributed by atoms with Crippen LogP contribution in [0.25, 0.3) is 10.9 Å². The molecule has 3 amide bonds. The van der Waals surface area contributed by atoms with Crippen molar-refractivity contribution in [2.45, 2.75) is 31.0 Å². The molecule has 3 unspecified atom stereocenters. The van der Waals surface area contributed by atoms with Crippen molar-refractivity contribution in [2.24, 2.45) is 5.73 Å². The van der Waals surface area contributed by atoms with E-state index in [-0.39, 0.29) is 6.42 Å². The molecule has 13 nitrogen and oxygen atoms in total. The lowest BCUT2D eigenvalue weighted by atomic mass is 10.0. The molecule has 3 atom stereocenters. The minimum atomic E-state index is -1.66. The van der Waals surface area contributed by atoms with Gasteiger partial charge in [-0.05, 0) is 11.6 Å². The van der Waals surface area contributed by atoms with Crippen LogP contribution in [0.1, 0.15) is 12.0 Å². The van der Waals surface area contributed by atoms with Crippen LogP contribution in [0.3, 0.4) is 0 Å². The van der Waals surface area contributed by atoms with Gasteiger partial charge in [-0.25, -0.2) is 4.79 Å². The van der Waals surface area contributed by atoms with E-state index in [0.29, 0.717) is 5.56 Å². The van der Waals surface area contributed by atoms with E-state index in [1.54, 1.807) is 30.5 Å². The molecule has 9 N–H and O–H groups in total. The number of aliphatic carboxylic acids is 2. The topological polar surface area (TPSA) is 224 Å². The Hall–Kier alpha value is -3.97. The monoisotopic (exact) mass is 463 g/mol. The van der Waals surface area contributed by atoms with Gasteiger partial charge >= 0.3 is 11.9 Å². The van der Waals surface area contributed by atoms with Crippen molar-refractivity contribution in [1.29, 1.82) is 0 Å². The normalized spacial score (nSPS) is 13.5. The lowest BCUT2D eigenvalue weighted by molar-refractivity contribution is -0.143. The number of aromatic amines is 1. The molecule has 1 aromatic carbocycles. The highest BCUT2D eigenvalue weighted by molar-refractivity contribution is 5.95. The van der Waals surface area contributed by atoms with Crippen molar-refractivity contribution >= 4 is 40.6 Å². The summed E-state index contributed by atoms with van der Waals surface area (Å²) in [5.41, 5.74) is 6.52. The van der Waals surface area contributed by atoms with E-state index in [1.807, 2.05) is 0 Å². The van der Waals surface area contributed by atoms with Gasteiger partial charge in [-0.15, -0.1) is 0 Å². The number of amides is 3. The standard InChI is InChI=1S/C20H25N5O8/c21-7-16(27)23-15(9-26)19(31)24-13(6-17(28)29)18(30)25-14(20(32)33)5-10-8-22-12-4-2-1-3-11(10)12/h1-4,8,13-15,22,26H,5-7,9,21H2,(H,23,27)(H,24,31)(H,25,30)(H,28,29)(H,32,33). The largest absolute Gasteiger partial charge is 0.481 e. The molecule has 1 aromatic heterocycles. The number of hydrogen-bond donors (Lipinski definition) is 8. The fourth-order valence-electron chi connectivity index (χ4n) is 3.10. The highest BCUT2D eigenvalue weighted by Gasteiger charge is 2.31. The van der Waals surface area contributed by atoms with Gasteiger partial charge in [0.25, 0.3) is 0 Å². The van der Waals surface area contributed by atoms with Crippen LogP contribution in [0.15, 0.2) is 30.5 Å². The van der Waals surface area contributed by atoms with Gasteiger partial charge in [0, 0.05) is 23.5 Å². The Balaban J connectivity index is 2.15. The zero-order valence-corrected chi connectivity index (χ0v) is 17.4. The second-order valence-corrected chi connectivity index (χ2v) is 7.13. The maximum absolute atomic E-state index is 12.7. The Morgan fingerprint density at radius 3 is 2.18 bits per heavy atom. The molecule has 0 aliphatic carbocycles. The van der Waals surface area contributed by atoms with E-state index in [4.69, 9.17) is 10.8 Å². The highest BCUT2D eigenvalue weighted by atomic mass is 16.4. The van der Waals surface area contributed by atoms with Gasteiger partial charge in [0.05, 0.1) is 19.6 Å². The minimum Gasteiger partial charge on any atom is -0.481 e. The van der Waals surface area contributed by atoms with Crippen LogP contribution in [-0.4, -0.2) is 81.2 Å². The van der Waals surface area contributed by atoms with E-state index in [0.717, 1.165) is 10.9 Å². The van der Waals surface area contributed by atoms with Crippen LogP contribution in [0.5, 0.6) is 0 Å². The number of aliphatic hydroxyl groups is 1. The molecule has 0 radical (unpaired) electrons. The maximum atomic E-state index is 12.7. The van der Waals surface area contributed by atoms with Crippen molar-refractivity contribution in [3.05, 3.63) is 36.0 Å². The number of carboxylic acid groups (broad SMARTS) is 2. The number of benzene rings is 1. The predicted octanol–water partition coefficient (Wildman–Crippen LogP) is -2.32. The van der Waals surface area contributed by atoms with Gasteiger partial charge in [-0.3, -0.25) is 19.2 Å². The number of carboxylic acids is 2. The number of hydrogen-bond acceptors (Lipinski definition) is 7. The molecule has 0 bridgehead atoms. The van der Waals surface area contributed by atoms with Crippen LogP contribution in [0.4, 0.5) is 0 Å². The van der Waals surface area contributed by atoms with Gasteiger partial charge in [0.1, 0.15) is 18.1 Å². The molecule has 0 aliphatic heterocycles. The number of aromatic nitrogens is 1. The Morgan fingerprint density at radius 1 is 0.939 bits per heavy atom. The number of carbonyl (C=O) groups excluding carboxylic acids is 3. The Labute approximate surface area is 187 Å². The van der Waals surface area contributed by atoms with E-state index >= 15 is 0 Å². The Kier molecular flexibility index (Phi) is 8.89. The molecule has 0 fully saturated rings. The first-order chi connectivity index (χ1) is 15.7. The fourth-order valence-corrected chi connectivity index (χ4v) is 3.10. The highest BCUT2D eigenvalue weighted by Crippen LogP contribution is 2.19. The molecule has 0 spiro atoms. The van der Waals surface area contributed by atoms with Crippen LogP contribution >= 0.6 is 0 Å². The number of rotatable bonds is 12. The van der Waals surface area contributed by atoms with E-state index in [9.17, 15) is 34.2 Å². The van der Waals surface area contributed by atoms with Crippen molar-refractivity contribution in [2.75, 3.05) is 13.2 Å². The number of H-pyrrole nitrogens is 1. The second-order valence-electron chi connectivity index (χ2n) is 7.13. The smallest absolute Gasteiger partial charge is 0.326 e. The predicted molar refractivity (Wildman–Crippen MR) is 114 cm³/mol. The first kappa shape index (κ1) is 25.3. The molecule has 0 saturated carbocycles. The van der Waals surface area contributed by atoms with Gasteiger partial charge in [0.2, 0.25) is 17.7 Å². The summed E-state index contributed by atoms with van der Waals surface area (Å²) in [6.45, 7) is -1.30. The lowest BCUT2D eigenvalue weighted by Gasteiger charge is -2.23. The number of carbonyl (C=O) groups is 5. The maximum Gasteiger partial charge on any atom is 0.326 e. The Morgan fingerprint density at radius 2 is 1.58 bits per heavy atom. The molecule has 178 valence electrons. The molecule has 2 aromatic rings. The average molecular weight is 463 g/mol. The summed E-state index contributed by atoms with van der Waals surface area (Å²) in [7, 11) is 0.